The number of hydrogen-bond acceptors (Lipinski definition) is 4. The molecule has 1 atom stereocenters. The second-order valence-corrected chi connectivity index (χ2v) is 10.1. The SMILES string of the molecule is Cc1ccc(S(=O)(=O)N2CCC3(CC[C@H](C(=O)N4CCCC4)O3)CC2)cc1F. The van der Waals surface area contributed by atoms with Crippen LogP contribution >= 0.6 is 0 Å². The predicted molar refractivity (Wildman–Crippen MR) is 102 cm³/mol. The molecule has 154 valence electrons. The topological polar surface area (TPSA) is 66.9 Å². The van der Waals surface area contributed by atoms with Gasteiger partial charge >= 0.3 is 0 Å². The fraction of sp³-hybridized carbons (Fsp3) is 0.650. The average molecular weight is 411 g/mol. The number of ether oxygens (including phenoxy) is 1. The third-order valence-electron chi connectivity index (χ3n) is 6.36. The molecule has 4 rings (SSSR count). The normalized spacial score (nSPS) is 25.5. The van der Waals surface area contributed by atoms with Gasteiger partial charge in [-0.25, -0.2) is 12.8 Å². The summed E-state index contributed by atoms with van der Waals surface area (Å²) in [6.07, 6.45) is 4.31. The number of amides is 1. The van der Waals surface area contributed by atoms with Gasteiger partial charge in [-0.2, -0.15) is 4.31 Å². The van der Waals surface area contributed by atoms with E-state index in [2.05, 4.69) is 0 Å². The molecule has 1 aromatic carbocycles. The van der Waals surface area contributed by atoms with Crippen LogP contribution in [0.2, 0.25) is 0 Å². The van der Waals surface area contributed by atoms with E-state index in [1.54, 1.807) is 6.92 Å². The summed E-state index contributed by atoms with van der Waals surface area (Å²) in [5.74, 6) is -0.434. The van der Waals surface area contributed by atoms with Gasteiger partial charge in [-0.3, -0.25) is 4.79 Å². The highest BCUT2D eigenvalue weighted by Crippen LogP contribution is 2.40. The summed E-state index contributed by atoms with van der Waals surface area (Å²) in [6, 6.07) is 4.03. The van der Waals surface area contributed by atoms with Crippen molar-refractivity contribution < 1.29 is 22.3 Å². The summed E-state index contributed by atoms with van der Waals surface area (Å²) in [5, 5.41) is 0. The molecule has 28 heavy (non-hydrogen) atoms. The van der Waals surface area contributed by atoms with E-state index in [9.17, 15) is 17.6 Å². The molecule has 0 radical (unpaired) electrons. The summed E-state index contributed by atoms with van der Waals surface area (Å²) in [7, 11) is -3.73. The zero-order valence-electron chi connectivity index (χ0n) is 16.2. The second-order valence-electron chi connectivity index (χ2n) is 8.18. The zero-order chi connectivity index (χ0) is 19.9. The number of benzene rings is 1. The highest BCUT2D eigenvalue weighted by Gasteiger charge is 2.47. The highest BCUT2D eigenvalue weighted by atomic mass is 32.2. The lowest BCUT2D eigenvalue weighted by Crippen LogP contribution is -2.47. The first-order valence-electron chi connectivity index (χ1n) is 10.0. The first-order chi connectivity index (χ1) is 13.3. The van der Waals surface area contributed by atoms with Crippen LogP contribution in [0, 0.1) is 12.7 Å². The molecule has 3 aliphatic rings. The maximum absolute atomic E-state index is 13.8. The van der Waals surface area contributed by atoms with E-state index in [-0.39, 0.29) is 10.8 Å². The molecule has 3 aliphatic heterocycles. The van der Waals surface area contributed by atoms with Crippen LogP contribution in [-0.4, -0.2) is 61.4 Å². The van der Waals surface area contributed by atoms with Gasteiger partial charge in [0.2, 0.25) is 10.0 Å². The minimum absolute atomic E-state index is 0.0130. The second kappa shape index (κ2) is 7.39. The summed E-state index contributed by atoms with van der Waals surface area (Å²) in [6.45, 7) is 3.87. The van der Waals surface area contributed by atoms with Gasteiger partial charge in [0.05, 0.1) is 10.5 Å². The zero-order valence-corrected chi connectivity index (χ0v) is 17.0. The Morgan fingerprint density at radius 1 is 1.14 bits per heavy atom. The van der Waals surface area contributed by atoms with Gasteiger partial charge in [0.15, 0.2) is 0 Å². The number of rotatable bonds is 3. The number of hydrogen-bond donors (Lipinski definition) is 0. The van der Waals surface area contributed by atoms with Crippen molar-refractivity contribution in [2.24, 2.45) is 0 Å². The molecule has 3 saturated heterocycles. The monoisotopic (exact) mass is 410 g/mol. The molecule has 8 heteroatoms. The molecule has 0 N–H and O–H groups in total. The molecule has 0 aliphatic carbocycles. The molecular formula is C20H27FN2O4S. The van der Waals surface area contributed by atoms with Crippen molar-refractivity contribution in [3.63, 3.8) is 0 Å². The van der Waals surface area contributed by atoms with E-state index in [4.69, 9.17) is 4.74 Å². The maximum Gasteiger partial charge on any atom is 0.251 e. The van der Waals surface area contributed by atoms with Crippen molar-refractivity contribution in [2.45, 2.75) is 62.0 Å². The Kier molecular flexibility index (Phi) is 5.22. The number of nitrogens with zero attached hydrogens (tertiary/aromatic N) is 2. The Labute approximate surface area is 165 Å². The van der Waals surface area contributed by atoms with Crippen molar-refractivity contribution in [3.8, 4) is 0 Å². The van der Waals surface area contributed by atoms with Gasteiger partial charge in [0.1, 0.15) is 11.9 Å². The molecule has 6 nitrogen and oxygen atoms in total. The number of carbonyl (C=O) groups is 1. The van der Waals surface area contributed by atoms with Crippen LogP contribution in [0.5, 0.6) is 0 Å². The Balaban J connectivity index is 1.40. The molecule has 3 fully saturated rings. The number of piperidine rings is 1. The summed E-state index contributed by atoms with van der Waals surface area (Å²) >= 11 is 0. The maximum atomic E-state index is 13.8. The summed E-state index contributed by atoms with van der Waals surface area (Å²) < 4.78 is 47.1. The van der Waals surface area contributed by atoms with Crippen LogP contribution in [0.3, 0.4) is 0 Å². The standard InChI is InChI=1S/C20H27FN2O4S/c1-15-4-5-16(14-17(15)21)28(25,26)23-12-8-20(9-13-23)7-6-18(27-20)19(24)22-10-2-3-11-22/h4-5,14,18H,2-3,6-13H2,1H3/t18-/m1/s1. The van der Waals surface area contributed by atoms with Crippen LogP contribution in [-0.2, 0) is 19.6 Å². The lowest BCUT2D eigenvalue weighted by molar-refractivity contribution is -0.149. The van der Waals surface area contributed by atoms with Gasteiger partial charge in [-0.15, -0.1) is 0 Å². The Bertz CT molecular complexity index is 859. The van der Waals surface area contributed by atoms with Gasteiger partial charge < -0.3 is 9.64 Å². The third kappa shape index (κ3) is 3.57. The first kappa shape index (κ1) is 19.8. The van der Waals surface area contributed by atoms with E-state index >= 15 is 0 Å². The minimum Gasteiger partial charge on any atom is -0.362 e. The number of carbonyl (C=O) groups excluding carboxylic acids is 1. The number of sulfonamides is 1. The summed E-state index contributed by atoms with van der Waals surface area (Å²) in [4.78, 5) is 14.5. The molecule has 0 unspecified atom stereocenters. The molecule has 3 heterocycles. The van der Waals surface area contributed by atoms with E-state index in [1.165, 1.54) is 16.4 Å². The van der Waals surface area contributed by atoms with E-state index < -0.39 is 27.5 Å². The van der Waals surface area contributed by atoms with Crippen LogP contribution in [0.1, 0.15) is 44.1 Å². The molecule has 0 bridgehead atoms. The van der Waals surface area contributed by atoms with Crippen LogP contribution < -0.4 is 0 Å². The van der Waals surface area contributed by atoms with Crippen LogP contribution in [0.25, 0.3) is 0 Å². The van der Waals surface area contributed by atoms with Crippen molar-refractivity contribution in [1.29, 1.82) is 0 Å². The van der Waals surface area contributed by atoms with Gasteiger partial charge in [-0.05, 0) is 63.1 Å². The largest absolute Gasteiger partial charge is 0.362 e. The van der Waals surface area contributed by atoms with Crippen molar-refractivity contribution >= 4 is 15.9 Å². The molecule has 0 aromatic heterocycles. The summed E-state index contributed by atoms with van der Waals surface area (Å²) in [5.41, 5.74) is 0.00883. The molecule has 1 aromatic rings. The number of aryl methyl sites for hydroxylation is 1. The number of halogens is 1. The van der Waals surface area contributed by atoms with Gasteiger partial charge in [0, 0.05) is 26.2 Å². The fourth-order valence-corrected chi connectivity index (χ4v) is 5.97. The minimum atomic E-state index is -3.73. The Morgan fingerprint density at radius 3 is 2.46 bits per heavy atom. The van der Waals surface area contributed by atoms with E-state index in [1.807, 2.05) is 4.90 Å². The number of likely N-dealkylation sites (tertiary alicyclic amines) is 1. The Morgan fingerprint density at radius 2 is 1.82 bits per heavy atom. The highest BCUT2D eigenvalue weighted by molar-refractivity contribution is 7.89. The van der Waals surface area contributed by atoms with Gasteiger partial charge in [0.25, 0.3) is 5.91 Å². The molecule has 0 saturated carbocycles. The molecule has 1 amide bonds. The third-order valence-corrected chi connectivity index (χ3v) is 8.26. The van der Waals surface area contributed by atoms with Crippen molar-refractivity contribution in [2.75, 3.05) is 26.2 Å². The van der Waals surface area contributed by atoms with E-state index in [0.29, 0.717) is 37.9 Å². The van der Waals surface area contributed by atoms with Gasteiger partial charge in [-0.1, -0.05) is 6.07 Å². The van der Waals surface area contributed by atoms with E-state index in [0.717, 1.165) is 38.4 Å². The lowest BCUT2D eigenvalue weighted by Gasteiger charge is -2.38. The van der Waals surface area contributed by atoms with Crippen LogP contribution in [0.4, 0.5) is 4.39 Å². The van der Waals surface area contributed by atoms with Crippen molar-refractivity contribution in [3.05, 3.63) is 29.6 Å². The average Bonchev–Trinajstić information content (AvgIpc) is 3.34. The quantitative estimate of drug-likeness (QED) is 0.768. The molecule has 1 spiro atoms. The first-order valence-corrected chi connectivity index (χ1v) is 11.5. The fourth-order valence-electron chi connectivity index (χ4n) is 4.51. The van der Waals surface area contributed by atoms with Crippen LogP contribution in [0.15, 0.2) is 23.1 Å². The molecular weight excluding hydrogens is 383 g/mol. The Hall–Kier alpha value is -1.51. The smallest absolute Gasteiger partial charge is 0.251 e. The van der Waals surface area contributed by atoms with Crippen molar-refractivity contribution in [1.82, 2.24) is 9.21 Å². The lowest BCUT2D eigenvalue weighted by atomic mass is 9.89. The predicted octanol–water partition coefficient (Wildman–Crippen LogP) is 2.46.